The molecule has 5 nitrogen and oxygen atoms in total. The Bertz CT molecular complexity index is 354. The van der Waals surface area contributed by atoms with Crippen molar-refractivity contribution in [2.75, 3.05) is 20.8 Å². The maximum Gasteiger partial charge on any atom is 0.311 e. The molecule has 0 unspecified atom stereocenters. The Labute approximate surface area is 127 Å². The third-order valence-corrected chi connectivity index (χ3v) is 3.09. The van der Waals surface area contributed by atoms with E-state index in [0.29, 0.717) is 13.0 Å². The van der Waals surface area contributed by atoms with E-state index in [0.717, 1.165) is 0 Å². The SMILES string of the molecule is COC(=O)C/C=C/[C@@H](C)[C@@H](CCOC(=O)C(C)(C)C)OC. The first-order valence-electron chi connectivity index (χ1n) is 7.15. The monoisotopic (exact) mass is 300 g/mol. The van der Waals surface area contributed by atoms with E-state index in [-0.39, 0.29) is 30.4 Å². The van der Waals surface area contributed by atoms with Gasteiger partial charge < -0.3 is 14.2 Å². The van der Waals surface area contributed by atoms with Gasteiger partial charge in [0.2, 0.25) is 0 Å². The van der Waals surface area contributed by atoms with Gasteiger partial charge in [0.15, 0.2) is 0 Å². The normalized spacial score (nSPS) is 14.8. The Kier molecular flexibility index (Phi) is 8.93. The van der Waals surface area contributed by atoms with Crippen LogP contribution in [0.2, 0.25) is 0 Å². The standard InChI is InChI=1S/C16H28O5/c1-12(8-7-9-14(17)20-6)13(19-5)10-11-21-15(18)16(2,3)4/h7-8,12-13H,9-11H2,1-6H3/b8-7+/t12-,13-/m1/s1. The lowest BCUT2D eigenvalue weighted by Gasteiger charge is -2.21. The molecule has 21 heavy (non-hydrogen) atoms. The van der Waals surface area contributed by atoms with E-state index in [9.17, 15) is 9.59 Å². The molecule has 122 valence electrons. The molecule has 0 aromatic heterocycles. The largest absolute Gasteiger partial charge is 0.469 e. The summed E-state index contributed by atoms with van der Waals surface area (Å²) in [5.74, 6) is -0.370. The summed E-state index contributed by atoms with van der Waals surface area (Å²) in [6.45, 7) is 7.78. The number of rotatable bonds is 8. The number of ether oxygens (including phenoxy) is 3. The molecule has 0 aliphatic heterocycles. The van der Waals surface area contributed by atoms with Gasteiger partial charge in [0, 0.05) is 19.4 Å². The molecule has 0 rings (SSSR count). The van der Waals surface area contributed by atoms with Crippen LogP contribution in [0.3, 0.4) is 0 Å². The molecule has 5 heteroatoms. The molecule has 0 saturated heterocycles. The lowest BCUT2D eigenvalue weighted by Crippen LogP contribution is -2.26. The van der Waals surface area contributed by atoms with Crippen molar-refractivity contribution in [1.82, 2.24) is 0 Å². The molecular weight excluding hydrogens is 272 g/mol. The summed E-state index contributed by atoms with van der Waals surface area (Å²) in [5.41, 5.74) is -0.491. The highest BCUT2D eigenvalue weighted by Crippen LogP contribution is 2.17. The minimum Gasteiger partial charge on any atom is -0.469 e. The van der Waals surface area contributed by atoms with E-state index < -0.39 is 5.41 Å². The molecule has 0 N–H and O–H groups in total. The number of esters is 2. The highest BCUT2D eigenvalue weighted by molar-refractivity contribution is 5.75. The summed E-state index contributed by atoms with van der Waals surface area (Å²) in [4.78, 5) is 22.7. The van der Waals surface area contributed by atoms with Crippen molar-refractivity contribution in [2.24, 2.45) is 11.3 Å². The summed E-state index contributed by atoms with van der Waals surface area (Å²) in [5, 5.41) is 0. The van der Waals surface area contributed by atoms with Gasteiger partial charge in [-0.05, 0) is 20.8 Å². The number of carbonyl (C=O) groups is 2. The van der Waals surface area contributed by atoms with Gasteiger partial charge in [-0.2, -0.15) is 0 Å². The number of hydrogen-bond donors (Lipinski definition) is 0. The Morgan fingerprint density at radius 3 is 2.29 bits per heavy atom. The zero-order valence-electron chi connectivity index (χ0n) is 14.0. The Balaban J connectivity index is 4.20. The molecule has 0 aliphatic rings. The van der Waals surface area contributed by atoms with E-state index in [1.54, 1.807) is 13.2 Å². The van der Waals surface area contributed by atoms with Gasteiger partial charge in [0.1, 0.15) is 0 Å². The summed E-state index contributed by atoms with van der Waals surface area (Å²) < 4.78 is 15.2. The summed E-state index contributed by atoms with van der Waals surface area (Å²) in [6, 6.07) is 0. The van der Waals surface area contributed by atoms with Crippen LogP contribution in [0.25, 0.3) is 0 Å². The highest BCUT2D eigenvalue weighted by atomic mass is 16.5. The minimum absolute atomic E-state index is 0.0633. The van der Waals surface area contributed by atoms with Crippen LogP contribution in [0.4, 0.5) is 0 Å². The lowest BCUT2D eigenvalue weighted by molar-refractivity contribution is -0.153. The number of carbonyl (C=O) groups excluding carboxylic acids is 2. The number of hydrogen-bond acceptors (Lipinski definition) is 5. The first kappa shape index (κ1) is 19.6. The Morgan fingerprint density at radius 1 is 1.19 bits per heavy atom. The van der Waals surface area contributed by atoms with Crippen molar-refractivity contribution in [3.63, 3.8) is 0 Å². The van der Waals surface area contributed by atoms with Crippen LogP contribution in [0.15, 0.2) is 12.2 Å². The molecule has 0 bridgehead atoms. The molecule has 0 aromatic carbocycles. The fourth-order valence-corrected chi connectivity index (χ4v) is 1.67. The first-order chi connectivity index (χ1) is 9.72. The van der Waals surface area contributed by atoms with Crippen molar-refractivity contribution >= 4 is 11.9 Å². The van der Waals surface area contributed by atoms with Crippen LogP contribution in [0.1, 0.15) is 40.5 Å². The average molecular weight is 300 g/mol. The quantitative estimate of drug-likeness (QED) is 0.509. The second-order valence-electron chi connectivity index (χ2n) is 6.02. The molecule has 0 amide bonds. The van der Waals surface area contributed by atoms with E-state index >= 15 is 0 Å². The third-order valence-electron chi connectivity index (χ3n) is 3.09. The molecule has 0 aliphatic carbocycles. The molecule has 0 heterocycles. The van der Waals surface area contributed by atoms with Crippen molar-refractivity contribution in [2.45, 2.75) is 46.6 Å². The van der Waals surface area contributed by atoms with Crippen LogP contribution in [0, 0.1) is 11.3 Å². The molecule has 0 spiro atoms. The summed E-state index contributed by atoms with van der Waals surface area (Å²) in [7, 11) is 2.99. The van der Waals surface area contributed by atoms with Crippen LogP contribution < -0.4 is 0 Å². The first-order valence-corrected chi connectivity index (χ1v) is 7.15. The van der Waals surface area contributed by atoms with Gasteiger partial charge in [0.25, 0.3) is 0 Å². The van der Waals surface area contributed by atoms with Gasteiger partial charge in [-0.15, -0.1) is 0 Å². The summed E-state index contributed by atoms with van der Waals surface area (Å²) in [6.07, 6.45) is 4.48. The van der Waals surface area contributed by atoms with Gasteiger partial charge in [-0.1, -0.05) is 19.1 Å². The van der Waals surface area contributed by atoms with Crippen LogP contribution in [-0.2, 0) is 23.8 Å². The van der Waals surface area contributed by atoms with Crippen molar-refractivity contribution in [1.29, 1.82) is 0 Å². The van der Waals surface area contributed by atoms with Gasteiger partial charge >= 0.3 is 11.9 Å². The van der Waals surface area contributed by atoms with Gasteiger partial charge in [-0.3, -0.25) is 9.59 Å². The molecule has 2 atom stereocenters. The van der Waals surface area contributed by atoms with Crippen molar-refractivity contribution < 1.29 is 23.8 Å². The molecule has 0 aromatic rings. The second kappa shape index (κ2) is 9.55. The number of methoxy groups -OCH3 is 2. The maximum absolute atomic E-state index is 11.7. The Hall–Kier alpha value is -1.36. The van der Waals surface area contributed by atoms with E-state index in [1.165, 1.54) is 7.11 Å². The maximum atomic E-state index is 11.7. The van der Waals surface area contributed by atoms with Crippen molar-refractivity contribution in [3.05, 3.63) is 12.2 Å². The zero-order valence-corrected chi connectivity index (χ0v) is 14.0. The van der Waals surface area contributed by atoms with Gasteiger partial charge in [-0.25, -0.2) is 0 Å². The van der Waals surface area contributed by atoms with Crippen LogP contribution >= 0.6 is 0 Å². The fourth-order valence-electron chi connectivity index (χ4n) is 1.67. The lowest BCUT2D eigenvalue weighted by atomic mass is 9.97. The highest BCUT2D eigenvalue weighted by Gasteiger charge is 2.23. The van der Waals surface area contributed by atoms with Crippen LogP contribution in [-0.4, -0.2) is 38.9 Å². The molecular formula is C16H28O5. The topological polar surface area (TPSA) is 61.8 Å². The second-order valence-corrected chi connectivity index (χ2v) is 6.02. The molecule has 0 radical (unpaired) electrons. The molecule has 0 saturated carbocycles. The zero-order chi connectivity index (χ0) is 16.5. The Morgan fingerprint density at radius 2 is 1.81 bits per heavy atom. The van der Waals surface area contributed by atoms with Crippen molar-refractivity contribution in [3.8, 4) is 0 Å². The third kappa shape index (κ3) is 8.50. The van der Waals surface area contributed by atoms with Gasteiger partial charge in [0.05, 0.1) is 31.7 Å². The van der Waals surface area contributed by atoms with E-state index in [2.05, 4.69) is 4.74 Å². The predicted molar refractivity (Wildman–Crippen MR) is 80.8 cm³/mol. The van der Waals surface area contributed by atoms with Crippen LogP contribution in [0.5, 0.6) is 0 Å². The smallest absolute Gasteiger partial charge is 0.311 e. The van der Waals surface area contributed by atoms with E-state index in [4.69, 9.17) is 9.47 Å². The summed E-state index contributed by atoms with van der Waals surface area (Å²) >= 11 is 0. The minimum atomic E-state index is -0.491. The molecule has 0 fully saturated rings. The fraction of sp³-hybridized carbons (Fsp3) is 0.750. The average Bonchev–Trinajstić information content (AvgIpc) is 2.41. The van der Waals surface area contributed by atoms with E-state index in [1.807, 2.05) is 33.8 Å². The predicted octanol–water partition coefficient (Wildman–Crippen LogP) is 2.74.